The van der Waals surface area contributed by atoms with Crippen LogP contribution in [-0.2, 0) is 6.61 Å². The van der Waals surface area contributed by atoms with Crippen LogP contribution in [0.5, 0.6) is 5.75 Å². The van der Waals surface area contributed by atoms with Gasteiger partial charge in [-0.1, -0.05) is 44.2 Å². The predicted molar refractivity (Wildman–Crippen MR) is 81.0 cm³/mol. The molecule has 2 aromatic carbocycles. The van der Waals surface area contributed by atoms with Crippen molar-refractivity contribution in [2.24, 2.45) is 5.92 Å². The van der Waals surface area contributed by atoms with E-state index in [2.05, 4.69) is 0 Å². The molecule has 2 nitrogen and oxygen atoms in total. The van der Waals surface area contributed by atoms with Gasteiger partial charge < -0.3 is 4.74 Å². The Balaban J connectivity index is 2.09. The van der Waals surface area contributed by atoms with Crippen molar-refractivity contribution in [2.45, 2.75) is 26.9 Å². The minimum atomic E-state index is -0.493. The van der Waals surface area contributed by atoms with Crippen LogP contribution in [0.2, 0.25) is 0 Å². The molecule has 0 radical (unpaired) electrons. The van der Waals surface area contributed by atoms with Crippen LogP contribution >= 0.6 is 0 Å². The van der Waals surface area contributed by atoms with E-state index in [1.807, 2.05) is 44.2 Å². The molecule has 0 spiro atoms. The van der Waals surface area contributed by atoms with Gasteiger partial charge in [0.05, 0.1) is 5.56 Å². The molecule has 0 N–H and O–H groups in total. The fourth-order valence-corrected chi connectivity index (χ4v) is 2.03. The Morgan fingerprint density at radius 3 is 2.52 bits per heavy atom. The Morgan fingerprint density at radius 1 is 1.14 bits per heavy atom. The lowest BCUT2D eigenvalue weighted by molar-refractivity contribution is 0.0963. The first kappa shape index (κ1) is 15.2. The highest BCUT2D eigenvalue weighted by Crippen LogP contribution is 2.20. The first-order chi connectivity index (χ1) is 10.1. The minimum Gasteiger partial charge on any atom is -0.489 e. The number of halogens is 1. The van der Waals surface area contributed by atoms with Crippen molar-refractivity contribution in [1.29, 1.82) is 0 Å². The fraction of sp³-hybridized carbons (Fsp3) is 0.278. The molecular formula is C18H19FO2. The van der Waals surface area contributed by atoms with Crippen LogP contribution in [0, 0.1) is 11.7 Å². The summed E-state index contributed by atoms with van der Waals surface area (Å²) in [7, 11) is 0. The van der Waals surface area contributed by atoms with Crippen LogP contribution in [0.3, 0.4) is 0 Å². The lowest BCUT2D eigenvalue weighted by atomic mass is 10.0. The van der Waals surface area contributed by atoms with Crippen LogP contribution in [0.15, 0.2) is 48.5 Å². The Labute approximate surface area is 124 Å². The molecule has 0 aliphatic carbocycles. The second-order valence-corrected chi connectivity index (χ2v) is 5.44. The average molecular weight is 286 g/mol. The van der Waals surface area contributed by atoms with Crippen molar-refractivity contribution in [2.75, 3.05) is 0 Å². The van der Waals surface area contributed by atoms with Gasteiger partial charge in [0, 0.05) is 6.42 Å². The molecule has 0 fully saturated rings. The van der Waals surface area contributed by atoms with Crippen molar-refractivity contribution in [3.8, 4) is 5.75 Å². The molecule has 110 valence electrons. The number of ether oxygens (including phenoxy) is 1. The molecule has 0 aromatic heterocycles. The molecular weight excluding hydrogens is 267 g/mol. The summed E-state index contributed by atoms with van der Waals surface area (Å²) in [6.07, 6.45) is 0.332. The van der Waals surface area contributed by atoms with Gasteiger partial charge in [0.25, 0.3) is 0 Å². The summed E-state index contributed by atoms with van der Waals surface area (Å²) in [6.45, 7) is 4.27. The van der Waals surface area contributed by atoms with E-state index in [4.69, 9.17) is 4.74 Å². The van der Waals surface area contributed by atoms with Crippen molar-refractivity contribution in [3.63, 3.8) is 0 Å². The minimum absolute atomic E-state index is 0.106. The van der Waals surface area contributed by atoms with Crippen molar-refractivity contribution >= 4 is 5.78 Å². The van der Waals surface area contributed by atoms with Crippen molar-refractivity contribution in [3.05, 3.63) is 65.5 Å². The summed E-state index contributed by atoms with van der Waals surface area (Å²) in [6, 6.07) is 14.0. The van der Waals surface area contributed by atoms with Gasteiger partial charge in [-0.15, -0.1) is 0 Å². The number of ketones is 1. The number of carbonyl (C=O) groups excluding carboxylic acids is 1. The predicted octanol–water partition coefficient (Wildman–Crippen LogP) is 4.63. The molecule has 0 aliphatic heterocycles. The highest BCUT2D eigenvalue weighted by molar-refractivity contribution is 5.96. The van der Waals surface area contributed by atoms with E-state index in [0.717, 1.165) is 5.56 Å². The fourth-order valence-electron chi connectivity index (χ4n) is 2.03. The highest BCUT2D eigenvalue weighted by atomic mass is 19.1. The Kier molecular flexibility index (Phi) is 5.09. The SMILES string of the molecule is CC(C)CC(=O)c1cc(OCc2ccccc2)ccc1F. The van der Waals surface area contributed by atoms with Gasteiger partial charge in [0.2, 0.25) is 0 Å². The zero-order chi connectivity index (χ0) is 15.2. The molecule has 2 rings (SSSR count). The normalized spacial score (nSPS) is 10.7. The monoisotopic (exact) mass is 286 g/mol. The van der Waals surface area contributed by atoms with Gasteiger partial charge >= 0.3 is 0 Å². The number of rotatable bonds is 6. The molecule has 3 heteroatoms. The van der Waals surface area contributed by atoms with Gasteiger partial charge in [-0.05, 0) is 29.7 Å². The third-order valence-electron chi connectivity index (χ3n) is 3.08. The molecule has 0 bridgehead atoms. The summed E-state index contributed by atoms with van der Waals surface area (Å²) < 4.78 is 19.4. The summed E-state index contributed by atoms with van der Waals surface area (Å²) in [5, 5.41) is 0. The zero-order valence-electron chi connectivity index (χ0n) is 12.3. The van der Waals surface area contributed by atoms with Crippen molar-refractivity contribution < 1.29 is 13.9 Å². The quantitative estimate of drug-likeness (QED) is 0.723. The molecule has 0 aliphatic rings. The smallest absolute Gasteiger partial charge is 0.166 e. The standard InChI is InChI=1S/C18H19FO2/c1-13(2)10-18(20)16-11-15(8-9-17(16)19)21-12-14-6-4-3-5-7-14/h3-9,11,13H,10,12H2,1-2H3. The zero-order valence-corrected chi connectivity index (χ0v) is 12.3. The van der Waals surface area contributed by atoms with Crippen molar-refractivity contribution in [1.82, 2.24) is 0 Å². The maximum absolute atomic E-state index is 13.8. The van der Waals surface area contributed by atoms with Crippen LogP contribution in [-0.4, -0.2) is 5.78 Å². The van der Waals surface area contributed by atoms with E-state index < -0.39 is 5.82 Å². The third-order valence-corrected chi connectivity index (χ3v) is 3.08. The lowest BCUT2D eigenvalue weighted by Gasteiger charge is -2.09. The molecule has 0 atom stereocenters. The molecule has 0 heterocycles. The van der Waals surface area contributed by atoms with E-state index in [-0.39, 0.29) is 17.3 Å². The van der Waals surface area contributed by atoms with E-state index in [1.54, 1.807) is 6.07 Å². The second-order valence-electron chi connectivity index (χ2n) is 5.44. The van der Waals surface area contributed by atoms with E-state index >= 15 is 0 Å². The summed E-state index contributed by atoms with van der Waals surface area (Å²) >= 11 is 0. The number of hydrogen-bond acceptors (Lipinski definition) is 2. The molecule has 0 amide bonds. The largest absolute Gasteiger partial charge is 0.489 e. The number of Topliss-reactive ketones (excluding diaryl/α,β-unsaturated/α-hetero) is 1. The number of benzene rings is 2. The summed E-state index contributed by atoms with van der Waals surface area (Å²) in [5.41, 5.74) is 1.13. The second kappa shape index (κ2) is 7.02. The van der Waals surface area contributed by atoms with Crippen LogP contribution in [0.25, 0.3) is 0 Å². The highest BCUT2D eigenvalue weighted by Gasteiger charge is 2.14. The van der Waals surface area contributed by atoms with Gasteiger partial charge in [-0.25, -0.2) is 4.39 Å². The van der Waals surface area contributed by atoms with E-state index in [9.17, 15) is 9.18 Å². The van der Waals surface area contributed by atoms with Gasteiger partial charge in [-0.2, -0.15) is 0 Å². The third kappa shape index (κ3) is 4.42. The van der Waals surface area contributed by atoms with Gasteiger partial charge in [0.1, 0.15) is 18.2 Å². The Bertz CT molecular complexity index is 606. The lowest BCUT2D eigenvalue weighted by Crippen LogP contribution is -2.06. The molecule has 0 saturated heterocycles. The summed E-state index contributed by atoms with van der Waals surface area (Å²) in [5.74, 6) is 0.0264. The van der Waals surface area contributed by atoms with Crippen LogP contribution in [0.1, 0.15) is 36.2 Å². The molecule has 0 saturated carbocycles. The van der Waals surface area contributed by atoms with Gasteiger partial charge in [-0.3, -0.25) is 4.79 Å². The van der Waals surface area contributed by atoms with E-state index in [0.29, 0.717) is 18.8 Å². The topological polar surface area (TPSA) is 26.3 Å². The maximum Gasteiger partial charge on any atom is 0.166 e. The van der Waals surface area contributed by atoms with Crippen LogP contribution < -0.4 is 4.74 Å². The number of hydrogen-bond donors (Lipinski definition) is 0. The van der Waals surface area contributed by atoms with Gasteiger partial charge in [0.15, 0.2) is 5.78 Å². The summed E-state index contributed by atoms with van der Waals surface area (Å²) in [4.78, 5) is 12.0. The number of carbonyl (C=O) groups is 1. The average Bonchev–Trinajstić information content (AvgIpc) is 2.46. The Hall–Kier alpha value is -2.16. The molecule has 2 aromatic rings. The first-order valence-electron chi connectivity index (χ1n) is 7.05. The molecule has 21 heavy (non-hydrogen) atoms. The first-order valence-corrected chi connectivity index (χ1v) is 7.05. The Morgan fingerprint density at radius 2 is 1.86 bits per heavy atom. The van der Waals surface area contributed by atoms with E-state index in [1.165, 1.54) is 12.1 Å². The maximum atomic E-state index is 13.8. The van der Waals surface area contributed by atoms with Crippen LogP contribution in [0.4, 0.5) is 4.39 Å². The molecule has 0 unspecified atom stereocenters.